The zero-order valence-electron chi connectivity index (χ0n) is 8.14. The first-order valence-electron chi connectivity index (χ1n) is 4.39. The van der Waals surface area contributed by atoms with E-state index < -0.39 is 0 Å². The average Bonchev–Trinajstić information content (AvgIpc) is 2.18. The number of nitro groups is 1. The summed E-state index contributed by atoms with van der Waals surface area (Å²) in [6, 6.07) is 7.66. The van der Waals surface area contributed by atoms with Gasteiger partial charge in [0.15, 0.2) is 0 Å². The Kier molecular flexibility index (Phi) is 4.84. The SMILES string of the molecule is CCC(=CSc1cccc(Br)c1)[N+](=O)[O-]. The van der Waals surface area contributed by atoms with Crippen LogP contribution in [-0.2, 0) is 0 Å². The Hall–Kier alpha value is -0.810. The Morgan fingerprint density at radius 2 is 2.40 bits per heavy atom. The quantitative estimate of drug-likeness (QED) is 0.476. The second-order valence-electron chi connectivity index (χ2n) is 2.80. The fraction of sp³-hybridized carbons (Fsp3) is 0.200. The van der Waals surface area contributed by atoms with Gasteiger partial charge in [-0.3, -0.25) is 10.1 Å². The summed E-state index contributed by atoms with van der Waals surface area (Å²) in [6.45, 7) is 1.77. The minimum Gasteiger partial charge on any atom is -0.259 e. The largest absolute Gasteiger partial charge is 0.259 e. The zero-order valence-corrected chi connectivity index (χ0v) is 10.5. The van der Waals surface area contributed by atoms with Crippen molar-refractivity contribution in [3.8, 4) is 0 Å². The van der Waals surface area contributed by atoms with Crippen molar-refractivity contribution < 1.29 is 4.92 Å². The fourth-order valence-corrected chi connectivity index (χ4v) is 2.36. The van der Waals surface area contributed by atoms with Gasteiger partial charge in [-0.05, 0) is 18.2 Å². The highest BCUT2D eigenvalue weighted by Crippen LogP contribution is 2.24. The van der Waals surface area contributed by atoms with Gasteiger partial charge in [0, 0.05) is 21.2 Å². The van der Waals surface area contributed by atoms with Crippen molar-refractivity contribution in [1.82, 2.24) is 0 Å². The molecule has 1 aromatic carbocycles. The Morgan fingerprint density at radius 1 is 1.67 bits per heavy atom. The van der Waals surface area contributed by atoms with Gasteiger partial charge in [0.25, 0.3) is 5.70 Å². The van der Waals surface area contributed by atoms with Gasteiger partial charge in [0.2, 0.25) is 0 Å². The summed E-state index contributed by atoms with van der Waals surface area (Å²) < 4.78 is 0.972. The van der Waals surface area contributed by atoms with Crippen LogP contribution >= 0.6 is 27.7 Å². The van der Waals surface area contributed by atoms with E-state index >= 15 is 0 Å². The van der Waals surface area contributed by atoms with Crippen molar-refractivity contribution >= 4 is 27.7 Å². The third-order valence-electron chi connectivity index (χ3n) is 1.72. The Labute approximate surface area is 101 Å². The number of nitrogens with zero attached hydrogens (tertiary/aromatic N) is 1. The molecule has 0 aromatic heterocycles. The van der Waals surface area contributed by atoms with Gasteiger partial charge in [0.05, 0.1) is 4.92 Å². The molecule has 0 spiro atoms. The van der Waals surface area contributed by atoms with Crippen LogP contribution in [0.3, 0.4) is 0 Å². The number of benzene rings is 1. The van der Waals surface area contributed by atoms with Crippen molar-refractivity contribution in [3.05, 3.63) is 50.0 Å². The van der Waals surface area contributed by atoms with E-state index in [1.165, 1.54) is 11.8 Å². The zero-order chi connectivity index (χ0) is 11.3. The van der Waals surface area contributed by atoms with Gasteiger partial charge in [0.1, 0.15) is 0 Å². The molecule has 0 fully saturated rings. The molecule has 0 saturated heterocycles. The molecule has 80 valence electrons. The number of rotatable bonds is 4. The number of allylic oxidation sites excluding steroid dienone is 1. The van der Waals surface area contributed by atoms with Gasteiger partial charge < -0.3 is 0 Å². The molecule has 0 N–H and O–H groups in total. The maximum absolute atomic E-state index is 10.5. The van der Waals surface area contributed by atoms with Crippen LogP contribution < -0.4 is 0 Å². The summed E-state index contributed by atoms with van der Waals surface area (Å²) in [5, 5.41) is 12.1. The van der Waals surface area contributed by atoms with Gasteiger partial charge in [-0.25, -0.2) is 0 Å². The molecule has 3 nitrogen and oxygen atoms in total. The maximum Gasteiger partial charge on any atom is 0.252 e. The topological polar surface area (TPSA) is 43.1 Å². The highest BCUT2D eigenvalue weighted by atomic mass is 79.9. The van der Waals surface area contributed by atoms with Crippen LogP contribution in [0.2, 0.25) is 0 Å². The molecule has 1 rings (SSSR count). The predicted molar refractivity (Wildman–Crippen MR) is 65.4 cm³/mol. The summed E-state index contributed by atoms with van der Waals surface area (Å²) in [5.41, 5.74) is 0.236. The van der Waals surface area contributed by atoms with Crippen LogP contribution in [0.5, 0.6) is 0 Å². The Balaban J connectivity index is 2.74. The fourth-order valence-electron chi connectivity index (χ4n) is 0.932. The van der Waals surface area contributed by atoms with Crippen molar-refractivity contribution in [2.24, 2.45) is 0 Å². The van der Waals surface area contributed by atoms with Crippen LogP contribution in [0, 0.1) is 10.1 Å². The van der Waals surface area contributed by atoms with E-state index in [-0.39, 0.29) is 10.6 Å². The first kappa shape index (κ1) is 12.3. The molecule has 0 saturated carbocycles. The lowest BCUT2D eigenvalue weighted by Gasteiger charge is -1.97. The molecule has 0 aliphatic rings. The first-order valence-corrected chi connectivity index (χ1v) is 6.06. The molecule has 0 atom stereocenters. The molecule has 0 unspecified atom stereocenters. The summed E-state index contributed by atoms with van der Waals surface area (Å²) in [6.07, 6.45) is 0.438. The standard InChI is InChI=1S/C10H10BrNO2S/c1-2-9(12(13)14)7-15-10-5-3-4-8(11)6-10/h3-7H,2H2,1H3. The molecule has 0 aliphatic carbocycles. The Bertz CT molecular complexity index is 393. The van der Waals surface area contributed by atoms with E-state index in [0.29, 0.717) is 6.42 Å². The van der Waals surface area contributed by atoms with Crippen molar-refractivity contribution in [3.63, 3.8) is 0 Å². The van der Waals surface area contributed by atoms with Crippen molar-refractivity contribution in [2.75, 3.05) is 0 Å². The lowest BCUT2D eigenvalue weighted by atomic mass is 10.4. The number of hydrogen-bond donors (Lipinski definition) is 0. The normalized spacial score (nSPS) is 11.5. The summed E-state index contributed by atoms with van der Waals surface area (Å²) >= 11 is 4.71. The van der Waals surface area contributed by atoms with E-state index in [1.54, 1.807) is 12.3 Å². The van der Waals surface area contributed by atoms with E-state index in [9.17, 15) is 10.1 Å². The van der Waals surface area contributed by atoms with Crippen LogP contribution in [-0.4, -0.2) is 4.92 Å². The second-order valence-corrected chi connectivity index (χ2v) is 4.65. The van der Waals surface area contributed by atoms with Crippen LogP contribution in [0.25, 0.3) is 0 Å². The minimum absolute atomic E-state index is 0.236. The molecular weight excluding hydrogens is 278 g/mol. The molecule has 0 radical (unpaired) electrons. The van der Waals surface area contributed by atoms with E-state index in [4.69, 9.17) is 0 Å². The van der Waals surface area contributed by atoms with E-state index in [2.05, 4.69) is 15.9 Å². The average molecular weight is 288 g/mol. The van der Waals surface area contributed by atoms with Crippen LogP contribution in [0.1, 0.15) is 13.3 Å². The number of hydrogen-bond acceptors (Lipinski definition) is 3. The second kappa shape index (κ2) is 5.92. The minimum atomic E-state index is -0.342. The van der Waals surface area contributed by atoms with Crippen LogP contribution in [0.15, 0.2) is 44.7 Å². The van der Waals surface area contributed by atoms with E-state index in [0.717, 1.165) is 9.37 Å². The highest BCUT2D eigenvalue weighted by Gasteiger charge is 2.06. The number of thioether (sulfide) groups is 1. The number of halogens is 1. The molecule has 0 heterocycles. The first-order chi connectivity index (χ1) is 7.13. The lowest BCUT2D eigenvalue weighted by Crippen LogP contribution is -1.95. The highest BCUT2D eigenvalue weighted by molar-refractivity contribution is 9.10. The third kappa shape index (κ3) is 4.05. The molecule has 0 bridgehead atoms. The monoisotopic (exact) mass is 287 g/mol. The molecular formula is C10H10BrNO2S. The predicted octanol–water partition coefficient (Wildman–Crippen LogP) is 4.07. The molecule has 15 heavy (non-hydrogen) atoms. The smallest absolute Gasteiger partial charge is 0.252 e. The van der Waals surface area contributed by atoms with Gasteiger partial charge >= 0.3 is 0 Å². The molecule has 0 amide bonds. The van der Waals surface area contributed by atoms with E-state index in [1.807, 2.05) is 24.3 Å². The summed E-state index contributed by atoms with van der Waals surface area (Å²) in [4.78, 5) is 11.2. The van der Waals surface area contributed by atoms with Crippen molar-refractivity contribution in [2.45, 2.75) is 18.2 Å². The molecule has 1 aromatic rings. The Morgan fingerprint density at radius 3 is 2.93 bits per heavy atom. The van der Waals surface area contributed by atoms with Gasteiger partial charge in [-0.2, -0.15) is 0 Å². The van der Waals surface area contributed by atoms with Crippen LogP contribution in [0.4, 0.5) is 0 Å². The van der Waals surface area contributed by atoms with Gasteiger partial charge in [-0.1, -0.05) is 40.7 Å². The lowest BCUT2D eigenvalue weighted by molar-refractivity contribution is -0.427. The summed E-state index contributed by atoms with van der Waals surface area (Å²) in [5.74, 6) is 0. The molecule has 5 heteroatoms. The molecule has 0 aliphatic heterocycles. The van der Waals surface area contributed by atoms with Gasteiger partial charge in [-0.15, -0.1) is 0 Å². The maximum atomic E-state index is 10.5. The third-order valence-corrected chi connectivity index (χ3v) is 3.13. The van der Waals surface area contributed by atoms with Crippen molar-refractivity contribution in [1.29, 1.82) is 0 Å². The summed E-state index contributed by atoms with van der Waals surface area (Å²) in [7, 11) is 0.